The van der Waals surface area contributed by atoms with Crippen molar-refractivity contribution in [2.24, 2.45) is 0 Å². The van der Waals surface area contributed by atoms with Crippen LogP contribution in [0.1, 0.15) is 22.0 Å². The molecule has 0 fully saturated rings. The molecule has 1 heterocycles. The van der Waals surface area contributed by atoms with Crippen LogP contribution in [0.25, 0.3) is 11.0 Å². The molecule has 1 N–H and O–H groups in total. The van der Waals surface area contributed by atoms with E-state index in [0.717, 1.165) is 6.07 Å². The van der Waals surface area contributed by atoms with E-state index in [1.54, 1.807) is 11.4 Å². The molecule has 2 unspecified atom stereocenters. The van der Waals surface area contributed by atoms with Gasteiger partial charge < -0.3 is 9.87 Å². The summed E-state index contributed by atoms with van der Waals surface area (Å²) in [4.78, 5) is 21.4. The van der Waals surface area contributed by atoms with Gasteiger partial charge in [-0.15, -0.1) is 0 Å². The van der Waals surface area contributed by atoms with Crippen LogP contribution in [0.15, 0.2) is 71.5 Å². The number of nitrogens with zero attached hydrogens (tertiary/aromatic N) is 3. The number of aromatic nitrogens is 2. The van der Waals surface area contributed by atoms with E-state index in [1.807, 2.05) is 0 Å². The van der Waals surface area contributed by atoms with Crippen molar-refractivity contribution in [1.82, 2.24) is 15.3 Å². The number of benzene rings is 3. The molecule has 4 aromatic rings. The average molecular weight is 600 g/mol. The van der Waals surface area contributed by atoms with E-state index in [4.69, 9.17) is 0 Å². The molecule has 1 aromatic heterocycles. The van der Waals surface area contributed by atoms with Crippen LogP contribution in [0.2, 0.25) is 0 Å². The predicted octanol–water partition coefficient (Wildman–Crippen LogP) is 5.64. The summed E-state index contributed by atoms with van der Waals surface area (Å²) in [7, 11) is 0. The van der Waals surface area contributed by atoms with E-state index in [1.165, 1.54) is 36.7 Å². The van der Waals surface area contributed by atoms with E-state index in [-0.39, 0.29) is 23.0 Å². The smallest absolute Gasteiger partial charge is 0.412 e. The molecule has 4 rings (SSSR count). The number of hydrogen-bond donors (Lipinski definition) is 1. The van der Waals surface area contributed by atoms with Crippen molar-refractivity contribution in [2.45, 2.75) is 12.2 Å². The fraction of sp³-hybridized carbons (Fsp3) is 0.0870. The number of fused-ring (bicyclic) bond motifs is 1. The number of anilines is 2. The van der Waals surface area contributed by atoms with E-state index in [2.05, 4.69) is 25.9 Å². The number of para-hydroxylation sites is 1. The van der Waals surface area contributed by atoms with Crippen molar-refractivity contribution in [1.29, 1.82) is 0 Å². The van der Waals surface area contributed by atoms with Crippen LogP contribution >= 0.6 is 15.9 Å². The highest BCUT2D eigenvalue weighted by Crippen LogP contribution is 2.38. The Morgan fingerprint density at radius 3 is 2.43 bits per heavy atom. The van der Waals surface area contributed by atoms with Gasteiger partial charge in [0.1, 0.15) is 17.2 Å². The molecule has 192 valence electrons. The lowest BCUT2D eigenvalue weighted by Gasteiger charge is -2.29. The van der Waals surface area contributed by atoms with E-state index in [0.29, 0.717) is 26.4 Å². The van der Waals surface area contributed by atoms with Gasteiger partial charge in [-0.2, -0.15) is 13.2 Å². The van der Waals surface area contributed by atoms with Crippen molar-refractivity contribution >= 4 is 55.5 Å². The fourth-order valence-corrected chi connectivity index (χ4v) is 4.55. The third-order valence-corrected chi connectivity index (χ3v) is 6.33. The Morgan fingerprint density at radius 1 is 1.03 bits per heavy atom. The maximum Gasteiger partial charge on any atom is 0.412 e. The number of hydrogen-bond acceptors (Lipinski definition) is 5. The first-order valence-corrected chi connectivity index (χ1v) is 12.0. The number of alkyl halides is 3. The lowest BCUT2D eigenvalue weighted by Crippen LogP contribution is -2.39. The van der Waals surface area contributed by atoms with Gasteiger partial charge in [-0.1, -0.05) is 28.1 Å². The quantitative estimate of drug-likeness (QED) is 0.229. The Balaban J connectivity index is 1.83. The first kappa shape index (κ1) is 26.6. The Hall–Kier alpha value is -3.49. The van der Waals surface area contributed by atoms with Crippen LogP contribution in [0.5, 0.6) is 0 Å². The van der Waals surface area contributed by atoms with Crippen molar-refractivity contribution < 1.29 is 35.5 Å². The first-order chi connectivity index (χ1) is 17.5. The second-order valence-electron chi connectivity index (χ2n) is 7.49. The maximum absolute atomic E-state index is 14.2. The lowest BCUT2D eigenvalue weighted by atomic mass is 10.0. The topological polar surface area (TPSA) is 98.2 Å². The largest absolute Gasteiger partial charge is 0.755 e. The standard InChI is InChI=1S/C23H14BrF5N4O3S/c24-12-4-6-15(22(34)32-21(23(27,28)29)14-7-5-13(25)11-16(14)26)19(10-12)33(37(35)36)18-3-1-2-17-20(18)31-9-8-30-17/h1-11,21H,(H,32,34)(H,35,36)/p-1. The molecule has 3 aromatic carbocycles. The molecule has 0 spiro atoms. The SMILES string of the molecule is O=C(NC(c1ccc(F)cc1F)C(F)(F)F)c1ccc(Br)cc1N(c1cccc2nccnc12)S(=O)[O-]. The van der Waals surface area contributed by atoms with Gasteiger partial charge in [-0.05, 0) is 36.4 Å². The molecule has 14 heteroatoms. The molecule has 0 aliphatic heterocycles. The Morgan fingerprint density at radius 2 is 1.76 bits per heavy atom. The molecule has 7 nitrogen and oxygen atoms in total. The van der Waals surface area contributed by atoms with Crippen LogP contribution in [-0.4, -0.2) is 30.8 Å². The number of amides is 1. The molecular formula is C23H13BrF5N4O3S-. The molecular weight excluding hydrogens is 587 g/mol. The Labute approximate surface area is 216 Å². The first-order valence-electron chi connectivity index (χ1n) is 10.2. The van der Waals surface area contributed by atoms with Gasteiger partial charge in [0.15, 0.2) is 6.04 Å². The zero-order chi connectivity index (χ0) is 26.9. The molecule has 0 aliphatic carbocycles. The summed E-state index contributed by atoms with van der Waals surface area (Å²) < 4.78 is 94.8. The summed E-state index contributed by atoms with van der Waals surface area (Å²) in [6.07, 6.45) is -2.47. The number of nitrogens with one attached hydrogen (secondary N) is 1. The third kappa shape index (κ3) is 5.60. The minimum Gasteiger partial charge on any atom is -0.755 e. The van der Waals surface area contributed by atoms with E-state index in [9.17, 15) is 35.5 Å². The molecule has 2 atom stereocenters. The number of carbonyl (C=O) groups is 1. The van der Waals surface area contributed by atoms with E-state index >= 15 is 0 Å². The van der Waals surface area contributed by atoms with Crippen LogP contribution in [-0.2, 0) is 11.3 Å². The van der Waals surface area contributed by atoms with Crippen molar-refractivity contribution in [3.8, 4) is 0 Å². The Bertz CT molecular complexity index is 1520. The maximum atomic E-state index is 14.2. The van der Waals surface area contributed by atoms with Gasteiger partial charge in [0.25, 0.3) is 5.91 Å². The summed E-state index contributed by atoms with van der Waals surface area (Å²) in [6, 6.07) is 6.65. The van der Waals surface area contributed by atoms with Gasteiger partial charge >= 0.3 is 6.18 Å². The molecule has 0 saturated heterocycles. The van der Waals surface area contributed by atoms with Crippen molar-refractivity contribution in [2.75, 3.05) is 4.31 Å². The van der Waals surface area contributed by atoms with Crippen LogP contribution in [0.3, 0.4) is 0 Å². The minimum atomic E-state index is -5.17. The Kier molecular flexibility index (Phi) is 7.52. The van der Waals surface area contributed by atoms with Crippen molar-refractivity contribution in [3.63, 3.8) is 0 Å². The van der Waals surface area contributed by atoms with Gasteiger partial charge in [-0.3, -0.25) is 23.3 Å². The minimum absolute atomic E-state index is 0.0250. The zero-order valence-corrected chi connectivity index (χ0v) is 20.6. The summed E-state index contributed by atoms with van der Waals surface area (Å²) in [5.41, 5.74) is -1.39. The fourth-order valence-electron chi connectivity index (χ4n) is 3.58. The summed E-state index contributed by atoms with van der Waals surface area (Å²) in [6.45, 7) is 0. The predicted molar refractivity (Wildman–Crippen MR) is 127 cm³/mol. The summed E-state index contributed by atoms with van der Waals surface area (Å²) in [5, 5.41) is 1.69. The second kappa shape index (κ2) is 10.5. The van der Waals surface area contributed by atoms with Crippen LogP contribution in [0, 0.1) is 11.6 Å². The van der Waals surface area contributed by atoms with Gasteiger partial charge in [0, 0.05) is 28.5 Å². The molecule has 0 aliphatic rings. The monoisotopic (exact) mass is 599 g/mol. The second-order valence-corrected chi connectivity index (χ2v) is 9.20. The molecule has 0 bridgehead atoms. The summed E-state index contributed by atoms with van der Waals surface area (Å²) >= 11 is 0.0907. The highest BCUT2D eigenvalue weighted by molar-refractivity contribution is 9.10. The molecule has 37 heavy (non-hydrogen) atoms. The normalized spacial score (nSPS) is 13.3. The van der Waals surface area contributed by atoms with Crippen molar-refractivity contribution in [3.05, 3.63) is 94.2 Å². The molecule has 0 saturated carbocycles. The summed E-state index contributed by atoms with van der Waals surface area (Å²) in [5.74, 6) is -3.99. The number of carbonyl (C=O) groups excluding carboxylic acids is 1. The average Bonchev–Trinajstić information content (AvgIpc) is 2.82. The van der Waals surface area contributed by atoms with Gasteiger partial charge in [0.05, 0.1) is 33.7 Å². The highest BCUT2D eigenvalue weighted by Gasteiger charge is 2.43. The van der Waals surface area contributed by atoms with Gasteiger partial charge in [0.2, 0.25) is 0 Å². The highest BCUT2D eigenvalue weighted by atomic mass is 79.9. The third-order valence-electron chi connectivity index (χ3n) is 5.14. The number of halogens is 6. The van der Waals surface area contributed by atoms with Crippen LogP contribution < -0.4 is 9.62 Å². The molecule has 1 amide bonds. The number of rotatable bonds is 6. The van der Waals surface area contributed by atoms with Crippen LogP contribution in [0.4, 0.5) is 33.3 Å². The van der Waals surface area contributed by atoms with E-state index < -0.39 is 52.2 Å². The van der Waals surface area contributed by atoms with Gasteiger partial charge in [-0.25, -0.2) is 8.78 Å². The lowest BCUT2D eigenvalue weighted by molar-refractivity contribution is -0.155. The molecule has 0 radical (unpaired) electrons. The zero-order valence-electron chi connectivity index (χ0n) is 18.2.